The molecule has 0 rings (SSSR count). The second kappa shape index (κ2) is 6.81. The van der Waals surface area contributed by atoms with Crippen molar-refractivity contribution >= 4 is 0 Å². The molecule has 0 spiro atoms. The zero-order valence-electron chi connectivity index (χ0n) is 6.90. The Hall–Kier alpha value is -0.300. The van der Waals surface area contributed by atoms with Gasteiger partial charge in [0.25, 0.3) is 0 Å². The first kappa shape index (κ1) is 9.70. The van der Waals surface area contributed by atoms with Crippen LogP contribution in [0.25, 0.3) is 0 Å². The fourth-order valence-electron chi connectivity index (χ4n) is 0.840. The molecule has 0 aromatic rings. The van der Waals surface area contributed by atoms with Crippen LogP contribution in [0.1, 0.15) is 39.0 Å². The summed E-state index contributed by atoms with van der Waals surface area (Å²) in [4.78, 5) is 0. The van der Waals surface area contributed by atoms with Gasteiger partial charge in [-0.1, -0.05) is 25.5 Å². The van der Waals surface area contributed by atoms with Crippen LogP contribution in [-0.4, -0.2) is 11.7 Å². The van der Waals surface area contributed by atoms with Crippen LogP contribution in [0.15, 0.2) is 12.2 Å². The van der Waals surface area contributed by atoms with Crippen LogP contribution in [0.2, 0.25) is 0 Å². The molecule has 0 unspecified atom stereocenters. The van der Waals surface area contributed by atoms with Crippen LogP contribution in [0.3, 0.4) is 0 Å². The molecule has 0 aromatic carbocycles. The van der Waals surface area contributed by atoms with Gasteiger partial charge in [-0.3, -0.25) is 0 Å². The zero-order chi connectivity index (χ0) is 7.82. The first-order valence-electron chi connectivity index (χ1n) is 4.08. The molecule has 0 saturated carbocycles. The third-order valence-electron chi connectivity index (χ3n) is 1.69. The van der Waals surface area contributed by atoms with Crippen LogP contribution in [-0.2, 0) is 0 Å². The van der Waals surface area contributed by atoms with Crippen molar-refractivity contribution < 1.29 is 5.11 Å². The van der Waals surface area contributed by atoms with E-state index in [1.165, 1.54) is 12.0 Å². The van der Waals surface area contributed by atoms with Gasteiger partial charge in [0.1, 0.15) is 0 Å². The summed E-state index contributed by atoms with van der Waals surface area (Å²) in [6, 6.07) is 0. The van der Waals surface area contributed by atoms with Gasteiger partial charge in [0.05, 0.1) is 0 Å². The van der Waals surface area contributed by atoms with Crippen LogP contribution in [0.4, 0.5) is 0 Å². The van der Waals surface area contributed by atoms with Gasteiger partial charge < -0.3 is 5.11 Å². The monoisotopic (exact) mass is 142 g/mol. The molecule has 0 amide bonds. The summed E-state index contributed by atoms with van der Waals surface area (Å²) >= 11 is 0. The van der Waals surface area contributed by atoms with Crippen molar-refractivity contribution in [2.45, 2.75) is 39.0 Å². The molecule has 0 aliphatic carbocycles. The number of aliphatic hydroxyl groups is 1. The SMILES string of the molecule is C=C(CC)CCCCCO. The normalized spacial score (nSPS) is 9.80. The molecule has 60 valence electrons. The third-order valence-corrected chi connectivity index (χ3v) is 1.69. The summed E-state index contributed by atoms with van der Waals surface area (Å²) in [5, 5.41) is 8.47. The molecule has 1 N–H and O–H groups in total. The maximum atomic E-state index is 8.47. The van der Waals surface area contributed by atoms with E-state index in [0.29, 0.717) is 6.61 Å². The van der Waals surface area contributed by atoms with Gasteiger partial charge in [-0.05, 0) is 25.7 Å². The number of rotatable bonds is 6. The van der Waals surface area contributed by atoms with E-state index in [1.54, 1.807) is 0 Å². The first-order chi connectivity index (χ1) is 4.81. The van der Waals surface area contributed by atoms with Crippen molar-refractivity contribution in [3.63, 3.8) is 0 Å². The summed E-state index contributed by atoms with van der Waals surface area (Å²) < 4.78 is 0. The lowest BCUT2D eigenvalue weighted by Gasteiger charge is -2.00. The first-order valence-corrected chi connectivity index (χ1v) is 4.08. The van der Waals surface area contributed by atoms with E-state index < -0.39 is 0 Å². The highest BCUT2D eigenvalue weighted by atomic mass is 16.2. The standard InChI is InChI=1S/C9H18O/c1-3-9(2)7-5-4-6-8-10/h10H,2-8H2,1H3. The summed E-state index contributed by atoms with van der Waals surface area (Å²) in [7, 11) is 0. The van der Waals surface area contributed by atoms with E-state index in [0.717, 1.165) is 25.7 Å². The van der Waals surface area contributed by atoms with Gasteiger partial charge in [0.2, 0.25) is 0 Å². The lowest BCUT2D eigenvalue weighted by Crippen LogP contribution is -1.84. The molecule has 1 nitrogen and oxygen atoms in total. The van der Waals surface area contributed by atoms with Crippen LogP contribution in [0, 0.1) is 0 Å². The summed E-state index contributed by atoms with van der Waals surface area (Å²) in [6.45, 7) is 6.37. The second-order valence-corrected chi connectivity index (χ2v) is 2.64. The highest BCUT2D eigenvalue weighted by Gasteiger charge is 1.90. The number of aliphatic hydroxyl groups excluding tert-OH is 1. The Morgan fingerprint density at radius 2 is 2.00 bits per heavy atom. The highest BCUT2D eigenvalue weighted by Crippen LogP contribution is 2.09. The Morgan fingerprint density at radius 1 is 1.30 bits per heavy atom. The van der Waals surface area contributed by atoms with Crippen LogP contribution in [0.5, 0.6) is 0 Å². The van der Waals surface area contributed by atoms with Crippen molar-refractivity contribution in [3.05, 3.63) is 12.2 Å². The second-order valence-electron chi connectivity index (χ2n) is 2.64. The number of allylic oxidation sites excluding steroid dienone is 1. The topological polar surface area (TPSA) is 20.2 Å². The quantitative estimate of drug-likeness (QED) is 0.446. The summed E-state index contributed by atoms with van der Waals surface area (Å²) in [5.74, 6) is 0. The molecule has 0 aliphatic heterocycles. The zero-order valence-corrected chi connectivity index (χ0v) is 6.90. The fourth-order valence-corrected chi connectivity index (χ4v) is 0.840. The molecule has 0 fully saturated rings. The van der Waals surface area contributed by atoms with Crippen molar-refractivity contribution in [2.75, 3.05) is 6.61 Å². The number of hydrogen-bond donors (Lipinski definition) is 1. The molecule has 0 bridgehead atoms. The van der Waals surface area contributed by atoms with Gasteiger partial charge in [-0.25, -0.2) is 0 Å². The molecular weight excluding hydrogens is 124 g/mol. The Bertz CT molecular complexity index is 86.7. The average Bonchev–Trinajstić information content (AvgIpc) is 1.98. The van der Waals surface area contributed by atoms with Crippen molar-refractivity contribution in [2.24, 2.45) is 0 Å². The van der Waals surface area contributed by atoms with Crippen molar-refractivity contribution in [3.8, 4) is 0 Å². The van der Waals surface area contributed by atoms with Crippen molar-refractivity contribution in [1.82, 2.24) is 0 Å². The highest BCUT2D eigenvalue weighted by molar-refractivity contribution is 4.91. The van der Waals surface area contributed by atoms with E-state index in [2.05, 4.69) is 13.5 Å². The molecule has 0 radical (unpaired) electrons. The van der Waals surface area contributed by atoms with Gasteiger partial charge in [0, 0.05) is 6.61 Å². The summed E-state index contributed by atoms with van der Waals surface area (Å²) in [6.07, 6.45) is 5.50. The Labute approximate surface area is 63.8 Å². The molecular formula is C9H18O. The summed E-state index contributed by atoms with van der Waals surface area (Å²) in [5.41, 5.74) is 1.33. The van der Waals surface area contributed by atoms with Gasteiger partial charge in [-0.15, -0.1) is 0 Å². The molecule has 0 aliphatic rings. The molecule has 0 heterocycles. The fraction of sp³-hybridized carbons (Fsp3) is 0.778. The van der Waals surface area contributed by atoms with E-state index in [-0.39, 0.29) is 0 Å². The van der Waals surface area contributed by atoms with E-state index in [9.17, 15) is 0 Å². The minimum absolute atomic E-state index is 0.332. The number of hydrogen-bond acceptors (Lipinski definition) is 1. The van der Waals surface area contributed by atoms with E-state index >= 15 is 0 Å². The Balaban J connectivity index is 2.96. The van der Waals surface area contributed by atoms with Gasteiger partial charge in [-0.2, -0.15) is 0 Å². The molecule has 1 heteroatoms. The van der Waals surface area contributed by atoms with E-state index in [4.69, 9.17) is 5.11 Å². The van der Waals surface area contributed by atoms with Gasteiger partial charge in [0.15, 0.2) is 0 Å². The number of unbranched alkanes of at least 4 members (excludes halogenated alkanes) is 2. The Morgan fingerprint density at radius 3 is 2.50 bits per heavy atom. The minimum Gasteiger partial charge on any atom is -0.396 e. The molecule has 10 heavy (non-hydrogen) atoms. The minimum atomic E-state index is 0.332. The maximum absolute atomic E-state index is 8.47. The largest absolute Gasteiger partial charge is 0.396 e. The smallest absolute Gasteiger partial charge is 0.0431 e. The van der Waals surface area contributed by atoms with Gasteiger partial charge >= 0.3 is 0 Å². The van der Waals surface area contributed by atoms with E-state index in [1.807, 2.05) is 0 Å². The lowest BCUT2D eigenvalue weighted by atomic mass is 10.1. The van der Waals surface area contributed by atoms with Crippen LogP contribution < -0.4 is 0 Å². The maximum Gasteiger partial charge on any atom is 0.0431 e. The Kier molecular flexibility index (Phi) is 6.61. The molecule has 0 saturated heterocycles. The predicted octanol–water partition coefficient (Wildman–Crippen LogP) is 2.51. The van der Waals surface area contributed by atoms with Crippen LogP contribution >= 0.6 is 0 Å². The lowest BCUT2D eigenvalue weighted by molar-refractivity contribution is 0.283. The molecule has 0 atom stereocenters. The predicted molar refractivity (Wildman–Crippen MR) is 45.0 cm³/mol. The molecule has 0 aromatic heterocycles. The average molecular weight is 142 g/mol. The van der Waals surface area contributed by atoms with Crippen molar-refractivity contribution in [1.29, 1.82) is 0 Å². The third kappa shape index (κ3) is 5.83.